The number of hydrogen-bond donors (Lipinski definition) is 0. The maximum atomic E-state index is 12.6. The van der Waals surface area contributed by atoms with Gasteiger partial charge in [-0.3, -0.25) is 0 Å². The summed E-state index contributed by atoms with van der Waals surface area (Å²) in [6.45, 7) is 14.5. The van der Waals surface area contributed by atoms with Gasteiger partial charge in [0.15, 0.2) is 8.32 Å². The summed E-state index contributed by atoms with van der Waals surface area (Å²) in [5, 5.41) is 0.137. The number of aldehydes is 1. The van der Waals surface area contributed by atoms with Gasteiger partial charge in [0, 0.05) is 37.4 Å². The van der Waals surface area contributed by atoms with Gasteiger partial charge in [-0.05, 0) is 48.2 Å². The van der Waals surface area contributed by atoms with E-state index in [1.807, 2.05) is 24.3 Å². The lowest BCUT2D eigenvalue weighted by molar-refractivity contribution is -0.138. The molecule has 1 aromatic rings. The largest absolute Gasteiger partial charge is 0.497 e. The van der Waals surface area contributed by atoms with Crippen LogP contribution in [0.2, 0.25) is 18.1 Å². The lowest BCUT2D eigenvalue weighted by Gasteiger charge is -2.51. The first kappa shape index (κ1) is 27.1. The molecule has 0 amide bonds. The summed E-state index contributed by atoms with van der Waals surface area (Å²) in [6.07, 6.45) is 7.46. The number of ether oxygens (including phenoxy) is 3. The average Bonchev–Trinajstić information content (AvgIpc) is 2.81. The van der Waals surface area contributed by atoms with Crippen LogP contribution >= 0.6 is 0 Å². The SMILES string of the molecule is COc1ccc(CO[C@H]2C[C@@H](OC)C[C@@H]3[C@@H]2C=C[C@@H](CO[Si](C)(C)C(C)(C)C)[C@]3(C)C=O)cc1. The van der Waals surface area contributed by atoms with Crippen LogP contribution in [-0.2, 0) is 25.3 Å². The van der Waals surface area contributed by atoms with Crippen LogP contribution in [0.3, 0.4) is 0 Å². The lowest BCUT2D eigenvalue weighted by atomic mass is 9.56. The summed E-state index contributed by atoms with van der Waals surface area (Å²) in [6, 6.07) is 7.98. The van der Waals surface area contributed by atoms with Crippen LogP contribution in [-0.4, -0.2) is 47.6 Å². The molecular formula is C28H44O5Si. The number of hydrogen-bond acceptors (Lipinski definition) is 5. The van der Waals surface area contributed by atoms with Crippen LogP contribution < -0.4 is 4.74 Å². The Bertz CT molecular complexity index is 843. The third-order valence-electron chi connectivity index (χ3n) is 8.71. The average molecular weight is 489 g/mol. The van der Waals surface area contributed by atoms with E-state index < -0.39 is 13.7 Å². The molecule has 3 rings (SSSR count). The van der Waals surface area contributed by atoms with Crippen LogP contribution in [0.25, 0.3) is 0 Å². The van der Waals surface area contributed by atoms with Crippen LogP contribution in [0.4, 0.5) is 0 Å². The number of fused-ring (bicyclic) bond motifs is 1. The number of carbonyl (C=O) groups is 1. The standard InChI is InChI=1S/C28H44O5Si/c1-27(2,3)34(7,8)33-18-21-11-14-24-25(28(21,4)19-29)15-23(31-6)16-26(24)32-17-20-9-12-22(30-5)13-10-20/h9-14,19,21,23-26H,15-18H2,1-8H3/t21-,23-,24-,25+,26-,28-/m0/s1. The second kappa shape index (κ2) is 10.6. The molecule has 2 aliphatic rings. The molecule has 34 heavy (non-hydrogen) atoms. The molecule has 0 bridgehead atoms. The fourth-order valence-electron chi connectivity index (χ4n) is 5.10. The monoisotopic (exact) mass is 488 g/mol. The van der Waals surface area contributed by atoms with Crippen molar-refractivity contribution in [2.24, 2.45) is 23.2 Å². The minimum absolute atomic E-state index is 0.00332. The van der Waals surface area contributed by atoms with Crippen LogP contribution in [0.1, 0.15) is 46.1 Å². The summed E-state index contributed by atoms with van der Waals surface area (Å²) < 4.78 is 24.1. The summed E-state index contributed by atoms with van der Waals surface area (Å²) in [7, 11) is 1.53. The van der Waals surface area contributed by atoms with Gasteiger partial charge in [0.2, 0.25) is 0 Å². The van der Waals surface area contributed by atoms with Gasteiger partial charge in [0.1, 0.15) is 12.0 Å². The molecule has 190 valence electrons. The first-order valence-corrected chi connectivity index (χ1v) is 15.4. The predicted molar refractivity (Wildman–Crippen MR) is 139 cm³/mol. The van der Waals surface area contributed by atoms with E-state index in [4.69, 9.17) is 18.6 Å². The van der Waals surface area contributed by atoms with Gasteiger partial charge in [0.05, 0.1) is 25.9 Å². The first-order valence-electron chi connectivity index (χ1n) is 12.5. The zero-order valence-electron chi connectivity index (χ0n) is 22.3. The molecular weight excluding hydrogens is 444 g/mol. The Morgan fingerprint density at radius 1 is 1.09 bits per heavy atom. The van der Waals surface area contributed by atoms with E-state index in [1.54, 1.807) is 14.2 Å². The van der Waals surface area contributed by atoms with Crippen molar-refractivity contribution in [2.75, 3.05) is 20.8 Å². The molecule has 6 heteroatoms. The van der Waals surface area contributed by atoms with E-state index in [1.165, 1.54) is 6.29 Å². The summed E-state index contributed by atoms with van der Waals surface area (Å²) in [5.41, 5.74) is 0.594. The van der Waals surface area contributed by atoms with Gasteiger partial charge in [-0.25, -0.2) is 0 Å². The van der Waals surface area contributed by atoms with Crippen molar-refractivity contribution in [2.45, 2.75) is 77.5 Å². The van der Waals surface area contributed by atoms with Gasteiger partial charge >= 0.3 is 0 Å². The molecule has 0 heterocycles. The lowest BCUT2D eigenvalue weighted by Crippen LogP contribution is -2.53. The van der Waals surface area contributed by atoms with Gasteiger partial charge in [-0.2, -0.15) is 0 Å². The topological polar surface area (TPSA) is 54.0 Å². The Kier molecular flexibility index (Phi) is 8.49. The molecule has 0 radical (unpaired) electrons. The fourth-order valence-corrected chi connectivity index (χ4v) is 6.13. The van der Waals surface area contributed by atoms with Gasteiger partial charge in [0.25, 0.3) is 0 Å². The predicted octanol–water partition coefficient (Wildman–Crippen LogP) is 6.03. The van der Waals surface area contributed by atoms with Crippen molar-refractivity contribution >= 4 is 14.6 Å². The highest BCUT2D eigenvalue weighted by Gasteiger charge is 2.52. The molecule has 1 saturated carbocycles. The van der Waals surface area contributed by atoms with E-state index in [-0.39, 0.29) is 35.0 Å². The third kappa shape index (κ3) is 5.67. The molecule has 0 spiro atoms. The maximum Gasteiger partial charge on any atom is 0.192 e. The Morgan fingerprint density at radius 3 is 2.32 bits per heavy atom. The van der Waals surface area contributed by atoms with Gasteiger partial charge in [-0.15, -0.1) is 0 Å². The number of carbonyl (C=O) groups excluding carboxylic acids is 1. The molecule has 1 aromatic carbocycles. The van der Waals surface area contributed by atoms with Crippen molar-refractivity contribution in [3.8, 4) is 5.75 Å². The number of methoxy groups -OCH3 is 2. The Labute approximate surface area is 207 Å². The Balaban J connectivity index is 1.78. The molecule has 1 fully saturated rings. The van der Waals surface area contributed by atoms with Crippen LogP contribution in [0, 0.1) is 23.2 Å². The second-order valence-electron chi connectivity index (χ2n) is 11.8. The van der Waals surface area contributed by atoms with Crippen molar-refractivity contribution in [3.05, 3.63) is 42.0 Å². The summed E-state index contributed by atoms with van der Waals surface area (Å²) in [5.74, 6) is 1.23. The van der Waals surface area contributed by atoms with Crippen molar-refractivity contribution < 1.29 is 23.4 Å². The summed E-state index contributed by atoms with van der Waals surface area (Å²) >= 11 is 0. The zero-order chi connectivity index (χ0) is 25.1. The minimum Gasteiger partial charge on any atom is -0.497 e. The first-order chi connectivity index (χ1) is 15.9. The highest BCUT2D eigenvalue weighted by molar-refractivity contribution is 6.74. The molecule has 0 saturated heterocycles. The summed E-state index contributed by atoms with van der Waals surface area (Å²) in [4.78, 5) is 12.6. The van der Waals surface area contributed by atoms with E-state index in [9.17, 15) is 4.79 Å². The molecule has 2 aliphatic carbocycles. The molecule has 6 atom stereocenters. The van der Waals surface area contributed by atoms with Crippen LogP contribution in [0.5, 0.6) is 5.75 Å². The van der Waals surface area contributed by atoms with E-state index in [2.05, 4.69) is 52.9 Å². The minimum atomic E-state index is -1.91. The molecule has 0 N–H and O–H groups in total. The second-order valence-corrected chi connectivity index (χ2v) is 16.6. The maximum absolute atomic E-state index is 12.6. The van der Waals surface area contributed by atoms with Crippen molar-refractivity contribution in [1.29, 1.82) is 0 Å². The van der Waals surface area contributed by atoms with E-state index in [0.29, 0.717) is 13.2 Å². The normalized spacial score (nSPS) is 31.7. The smallest absolute Gasteiger partial charge is 0.192 e. The third-order valence-corrected chi connectivity index (χ3v) is 13.2. The van der Waals surface area contributed by atoms with Crippen molar-refractivity contribution in [3.63, 3.8) is 0 Å². The molecule has 0 aromatic heterocycles. The highest BCUT2D eigenvalue weighted by Crippen LogP contribution is 2.51. The molecule has 5 nitrogen and oxygen atoms in total. The van der Waals surface area contributed by atoms with E-state index >= 15 is 0 Å². The van der Waals surface area contributed by atoms with Gasteiger partial charge in [-0.1, -0.05) is 52.0 Å². The highest BCUT2D eigenvalue weighted by atomic mass is 28.4. The van der Waals surface area contributed by atoms with Crippen LogP contribution in [0.15, 0.2) is 36.4 Å². The quantitative estimate of drug-likeness (QED) is 0.241. The van der Waals surface area contributed by atoms with Crippen molar-refractivity contribution in [1.82, 2.24) is 0 Å². The fraction of sp³-hybridized carbons (Fsp3) is 0.679. The Hall–Kier alpha value is -1.47. The Morgan fingerprint density at radius 2 is 1.76 bits per heavy atom. The zero-order valence-corrected chi connectivity index (χ0v) is 23.3. The van der Waals surface area contributed by atoms with Gasteiger partial charge < -0.3 is 23.4 Å². The molecule has 0 aliphatic heterocycles. The van der Waals surface area contributed by atoms with E-state index in [0.717, 1.165) is 24.2 Å². The molecule has 0 unspecified atom stereocenters. The number of benzene rings is 1. The number of rotatable bonds is 9.